The lowest BCUT2D eigenvalue weighted by Crippen LogP contribution is -2.43. The third-order valence-corrected chi connectivity index (χ3v) is 5.03. The van der Waals surface area contributed by atoms with E-state index in [4.69, 9.17) is 5.73 Å². The molecule has 0 amide bonds. The smallest absolute Gasteiger partial charge is 0.0362 e. The summed E-state index contributed by atoms with van der Waals surface area (Å²) >= 11 is 0. The molecular weight excluding hydrogens is 232 g/mol. The van der Waals surface area contributed by atoms with E-state index in [-0.39, 0.29) is 0 Å². The molecule has 0 saturated heterocycles. The summed E-state index contributed by atoms with van der Waals surface area (Å²) in [5.74, 6) is 0. The van der Waals surface area contributed by atoms with Gasteiger partial charge in [0.05, 0.1) is 0 Å². The van der Waals surface area contributed by atoms with Crippen molar-refractivity contribution in [2.45, 2.75) is 58.5 Å². The second kappa shape index (κ2) is 4.82. The Balaban J connectivity index is 1.76. The second-order valence-corrected chi connectivity index (χ2v) is 7.12. The molecule has 2 aliphatic rings. The third-order valence-electron chi connectivity index (χ3n) is 5.03. The van der Waals surface area contributed by atoms with Gasteiger partial charge in [-0.05, 0) is 48.3 Å². The fraction of sp³-hybridized carbons (Fsp3) is 0.647. The summed E-state index contributed by atoms with van der Waals surface area (Å²) in [6, 6.07) is 7.14. The van der Waals surface area contributed by atoms with Crippen molar-refractivity contribution in [3.05, 3.63) is 29.3 Å². The highest BCUT2D eigenvalue weighted by molar-refractivity contribution is 5.51. The van der Waals surface area contributed by atoms with E-state index in [0.29, 0.717) is 5.41 Å². The lowest BCUT2D eigenvalue weighted by atomic mass is 9.74. The Bertz CT molecular complexity index is 464. The van der Waals surface area contributed by atoms with Crippen LogP contribution in [-0.4, -0.2) is 17.5 Å². The first kappa shape index (κ1) is 13.0. The van der Waals surface area contributed by atoms with Crippen molar-refractivity contribution in [2.75, 3.05) is 12.3 Å². The van der Waals surface area contributed by atoms with Crippen molar-refractivity contribution in [1.82, 2.24) is 4.90 Å². The van der Waals surface area contributed by atoms with Crippen molar-refractivity contribution in [3.63, 3.8) is 0 Å². The monoisotopic (exact) mass is 258 g/mol. The van der Waals surface area contributed by atoms with Crippen LogP contribution in [0.1, 0.15) is 50.7 Å². The second-order valence-electron chi connectivity index (χ2n) is 7.12. The molecular formula is C17H26N2. The SMILES string of the molecule is CC1(C)CCCC(N2CCc3cccc(N)c3C2)C1. The fourth-order valence-electron chi connectivity index (χ4n) is 3.91. The maximum atomic E-state index is 6.16. The minimum atomic E-state index is 0.519. The average molecular weight is 258 g/mol. The maximum absolute atomic E-state index is 6.16. The molecule has 1 heterocycles. The molecule has 0 aromatic heterocycles. The van der Waals surface area contributed by atoms with Gasteiger partial charge in [-0.25, -0.2) is 0 Å². The molecule has 104 valence electrons. The van der Waals surface area contributed by atoms with Gasteiger partial charge < -0.3 is 5.73 Å². The van der Waals surface area contributed by atoms with Crippen LogP contribution in [0.25, 0.3) is 0 Å². The van der Waals surface area contributed by atoms with Crippen LogP contribution in [-0.2, 0) is 13.0 Å². The van der Waals surface area contributed by atoms with Crippen molar-refractivity contribution < 1.29 is 0 Å². The van der Waals surface area contributed by atoms with Crippen LogP contribution in [0, 0.1) is 5.41 Å². The average Bonchev–Trinajstić information content (AvgIpc) is 2.38. The van der Waals surface area contributed by atoms with Crippen LogP contribution in [0.3, 0.4) is 0 Å². The number of benzene rings is 1. The molecule has 1 saturated carbocycles. The van der Waals surface area contributed by atoms with Gasteiger partial charge in [-0.15, -0.1) is 0 Å². The van der Waals surface area contributed by atoms with E-state index in [1.54, 1.807) is 0 Å². The van der Waals surface area contributed by atoms with Crippen LogP contribution in [0.5, 0.6) is 0 Å². The van der Waals surface area contributed by atoms with E-state index in [9.17, 15) is 0 Å². The van der Waals surface area contributed by atoms with Crippen LogP contribution >= 0.6 is 0 Å². The van der Waals surface area contributed by atoms with Crippen molar-refractivity contribution in [2.24, 2.45) is 5.41 Å². The number of nitrogens with two attached hydrogens (primary N) is 1. The molecule has 19 heavy (non-hydrogen) atoms. The van der Waals surface area contributed by atoms with E-state index < -0.39 is 0 Å². The van der Waals surface area contributed by atoms with E-state index in [1.807, 2.05) is 6.07 Å². The summed E-state index contributed by atoms with van der Waals surface area (Å²) in [6.45, 7) is 7.11. The van der Waals surface area contributed by atoms with Crippen molar-refractivity contribution in [3.8, 4) is 0 Å². The first-order valence-corrected chi connectivity index (χ1v) is 7.65. The zero-order valence-corrected chi connectivity index (χ0v) is 12.3. The molecule has 1 aliphatic heterocycles. The number of rotatable bonds is 1. The third kappa shape index (κ3) is 2.64. The molecule has 0 spiro atoms. The van der Waals surface area contributed by atoms with E-state index in [2.05, 4.69) is 30.9 Å². The van der Waals surface area contributed by atoms with E-state index in [1.165, 1.54) is 43.4 Å². The first-order chi connectivity index (χ1) is 9.05. The number of nitrogen functional groups attached to an aromatic ring is 1. The number of anilines is 1. The predicted molar refractivity (Wildman–Crippen MR) is 81.0 cm³/mol. The quantitative estimate of drug-likeness (QED) is 0.780. The maximum Gasteiger partial charge on any atom is 0.0362 e. The molecule has 1 atom stereocenters. The number of hydrogen-bond donors (Lipinski definition) is 1. The summed E-state index contributed by atoms with van der Waals surface area (Å²) in [7, 11) is 0. The largest absolute Gasteiger partial charge is 0.398 e. The molecule has 2 N–H and O–H groups in total. The van der Waals surface area contributed by atoms with Gasteiger partial charge in [0.1, 0.15) is 0 Å². The number of nitrogens with zero attached hydrogens (tertiary/aromatic N) is 1. The number of fused-ring (bicyclic) bond motifs is 1. The molecule has 2 heteroatoms. The van der Waals surface area contributed by atoms with Crippen LogP contribution in [0.2, 0.25) is 0 Å². The Labute approximate surface area is 117 Å². The summed E-state index contributed by atoms with van der Waals surface area (Å²) in [4.78, 5) is 2.68. The number of hydrogen-bond acceptors (Lipinski definition) is 2. The Morgan fingerprint density at radius 2 is 2.16 bits per heavy atom. The predicted octanol–water partition coefficient (Wildman–Crippen LogP) is 3.60. The minimum Gasteiger partial charge on any atom is -0.398 e. The van der Waals surface area contributed by atoms with Gasteiger partial charge in [-0.3, -0.25) is 4.90 Å². The van der Waals surface area contributed by atoms with Crippen LogP contribution in [0.15, 0.2) is 18.2 Å². The lowest BCUT2D eigenvalue weighted by molar-refractivity contribution is 0.0846. The van der Waals surface area contributed by atoms with Crippen LogP contribution < -0.4 is 5.73 Å². The normalized spacial score (nSPS) is 26.9. The van der Waals surface area contributed by atoms with Gasteiger partial charge in [0.15, 0.2) is 0 Å². The zero-order valence-electron chi connectivity index (χ0n) is 12.3. The lowest BCUT2D eigenvalue weighted by Gasteiger charge is -2.43. The van der Waals surface area contributed by atoms with Gasteiger partial charge in [-0.2, -0.15) is 0 Å². The van der Waals surface area contributed by atoms with Gasteiger partial charge >= 0.3 is 0 Å². The highest BCUT2D eigenvalue weighted by atomic mass is 15.2. The molecule has 1 unspecified atom stereocenters. The molecule has 2 nitrogen and oxygen atoms in total. The molecule has 1 aliphatic carbocycles. The summed E-state index contributed by atoms with van der Waals surface area (Å²) in [5, 5.41) is 0. The summed E-state index contributed by atoms with van der Waals surface area (Å²) in [6.07, 6.45) is 6.64. The minimum absolute atomic E-state index is 0.519. The highest BCUT2D eigenvalue weighted by Crippen LogP contribution is 2.39. The standard InChI is InChI=1S/C17H26N2/c1-17(2)9-4-6-14(11-17)19-10-8-13-5-3-7-16(18)15(13)12-19/h3,5,7,14H,4,6,8-12,18H2,1-2H3. The molecule has 1 aromatic rings. The molecule has 0 bridgehead atoms. The van der Waals surface area contributed by atoms with Gasteiger partial charge in [0, 0.05) is 24.8 Å². The van der Waals surface area contributed by atoms with E-state index >= 15 is 0 Å². The van der Waals surface area contributed by atoms with Gasteiger partial charge in [-0.1, -0.05) is 32.4 Å². The Hall–Kier alpha value is -1.02. The zero-order chi connectivity index (χ0) is 13.5. The molecule has 3 rings (SSSR count). The Morgan fingerprint density at radius 3 is 2.95 bits per heavy atom. The fourth-order valence-corrected chi connectivity index (χ4v) is 3.91. The Morgan fingerprint density at radius 1 is 1.32 bits per heavy atom. The van der Waals surface area contributed by atoms with Crippen molar-refractivity contribution in [1.29, 1.82) is 0 Å². The van der Waals surface area contributed by atoms with Gasteiger partial charge in [0.2, 0.25) is 0 Å². The Kier molecular flexibility index (Phi) is 3.30. The highest BCUT2D eigenvalue weighted by Gasteiger charge is 2.32. The molecule has 1 aromatic carbocycles. The first-order valence-electron chi connectivity index (χ1n) is 7.65. The summed E-state index contributed by atoms with van der Waals surface area (Å²) in [5.41, 5.74) is 10.5. The topological polar surface area (TPSA) is 29.3 Å². The van der Waals surface area contributed by atoms with Crippen LogP contribution in [0.4, 0.5) is 5.69 Å². The van der Waals surface area contributed by atoms with E-state index in [0.717, 1.165) is 24.7 Å². The van der Waals surface area contributed by atoms with Gasteiger partial charge in [0.25, 0.3) is 0 Å². The summed E-state index contributed by atoms with van der Waals surface area (Å²) < 4.78 is 0. The molecule has 0 radical (unpaired) electrons. The molecule has 1 fully saturated rings. The van der Waals surface area contributed by atoms with Crippen molar-refractivity contribution >= 4 is 5.69 Å².